The van der Waals surface area contributed by atoms with E-state index in [1.54, 1.807) is 0 Å². The Hall–Kier alpha value is -3.34. The monoisotopic (exact) mass is 357 g/mol. The lowest BCUT2D eigenvalue weighted by Gasteiger charge is -2.17. The van der Waals surface area contributed by atoms with Crippen LogP contribution < -0.4 is 10.9 Å². The van der Waals surface area contributed by atoms with Gasteiger partial charge in [0, 0.05) is 33.9 Å². The third-order valence-corrected chi connectivity index (χ3v) is 5.41. The number of rotatable bonds is 2. The van der Waals surface area contributed by atoms with Crippen molar-refractivity contribution in [1.29, 1.82) is 0 Å². The molecule has 2 aromatic carbocycles. The summed E-state index contributed by atoms with van der Waals surface area (Å²) in [5, 5.41) is 5.08. The maximum Gasteiger partial charge on any atom is 0.255 e. The first-order valence-corrected chi connectivity index (χ1v) is 9.25. The molecule has 0 atom stereocenters. The Morgan fingerprint density at radius 2 is 1.78 bits per heavy atom. The minimum atomic E-state index is -0.175. The van der Waals surface area contributed by atoms with Gasteiger partial charge in [-0.2, -0.15) is 0 Å². The van der Waals surface area contributed by atoms with Crippen molar-refractivity contribution in [3.8, 4) is 0 Å². The van der Waals surface area contributed by atoms with Crippen molar-refractivity contribution in [1.82, 2.24) is 9.97 Å². The zero-order chi connectivity index (χ0) is 18.4. The highest BCUT2D eigenvalue weighted by atomic mass is 16.1. The lowest BCUT2D eigenvalue weighted by atomic mass is 9.90. The van der Waals surface area contributed by atoms with Crippen LogP contribution in [0.15, 0.2) is 53.5 Å². The van der Waals surface area contributed by atoms with Gasteiger partial charge in [0.15, 0.2) is 0 Å². The van der Waals surface area contributed by atoms with Gasteiger partial charge < -0.3 is 15.3 Å². The molecule has 0 saturated heterocycles. The van der Waals surface area contributed by atoms with Gasteiger partial charge in [-0.25, -0.2) is 0 Å². The Bertz CT molecular complexity index is 1250. The number of nitrogens with one attached hydrogen (secondary N) is 3. The fraction of sp³-hybridized carbons (Fsp3) is 0.182. The summed E-state index contributed by atoms with van der Waals surface area (Å²) in [6.45, 7) is 0. The van der Waals surface area contributed by atoms with Crippen molar-refractivity contribution in [3.05, 3.63) is 75.7 Å². The number of anilines is 1. The van der Waals surface area contributed by atoms with E-state index in [0.29, 0.717) is 11.3 Å². The third kappa shape index (κ3) is 2.72. The first-order chi connectivity index (χ1) is 13.2. The van der Waals surface area contributed by atoms with E-state index in [2.05, 4.69) is 15.3 Å². The summed E-state index contributed by atoms with van der Waals surface area (Å²) in [6, 6.07) is 13.3. The fourth-order valence-electron chi connectivity index (χ4n) is 4.03. The molecular formula is C22H19N3O2. The Morgan fingerprint density at radius 1 is 0.926 bits per heavy atom. The zero-order valence-corrected chi connectivity index (χ0v) is 14.8. The summed E-state index contributed by atoms with van der Waals surface area (Å²) in [7, 11) is 0. The number of fused-ring (bicyclic) bond motifs is 4. The number of aromatic amines is 2. The second kappa shape index (κ2) is 6.13. The minimum Gasteiger partial charge on any atom is -0.361 e. The van der Waals surface area contributed by atoms with Gasteiger partial charge in [0.05, 0.1) is 5.52 Å². The summed E-state index contributed by atoms with van der Waals surface area (Å²) >= 11 is 0. The molecule has 1 aliphatic carbocycles. The van der Waals surface area contributed by atoms with Crippen molar-refractivity contribution in [3.63, 3.8) is 0 Å². The number of pyridine rings is 1. The maximum atomic E-state index is 12.6. The Balaban J connectivity index is 1.49. The molecule has 0 bridgehead atoms. The van der Waals surface area contributed by atoms with Crippen molar-refractivity contribution in [2.24, 2.45) is 0 Å². The number of carbonyl (C=O) groups is 1. The largest absolute Gasteiger partial charge is 0.361 e. The Kier molecular flexibility index (Phi) is 3.60. The van der Waals surface area contributed by atoms with Gasteiger partial charge in [-0.15, -0.1) is 0 Å². The van der Waals surface area contributed by atoms with Crippen LogP contribution >= 0.6 is 0 Å². The van der Waals surface area contributed by atoms with Crippen LogP contribution in [0.3, 0.4) is 0 Å². The predicted octanol–water partition coefficient (Wildman–Crippen LogP) is 4.14. The molecular weight excluding hydrogens is 338 g/mol. The summed E-state index contributed by atoms with van der Waals surface area (Å²) in [6.07, 6.45) is 5.83. The molecule has 3 N–H and O–H groups in total. The number of aryl methyl sites for hydroxylation is 1. The fourth-order valence-corrected chi connectivity index (χ4v) is 4.03. The number of aromatic nitrogens is 2. The van der Waals surface area contributed by atoms with Crippen molar-refractivity contribution in [2.45, 2.75) is 25.7 Å². The average Bonchev–Trinajstić information content (AvgIpc) is 3.16. The molecule has 5 heteroatoms. The van der Waals surface area contributed by atoms with Crippen LogP contribution in [0, 0.1) is 0 Å². The molecule has 0 saturated carbocycles. The van der Waals surface area contributed by atoms with Crippen LogP contribution in [0.2, 0.25) is 0 Å². The molecule has 2 heterocycles. The molecule has 134 valence electrons. The van der Waals surface area contributed by atoms with Gasteiger partial charge in [0.1, 0.15) is 0 Å². The molecule has 0 fully saturated rings. The molecule has 4 aromatic rings. The average molecular weight is 357 g/mol. The SMILES string of the molecule is O=C(Nc1ccc2c3c(c(=O)[nH]c2c1)CCCC3)c1ccc2cc[nH]c2c1. The molecule has 0 radical (unpaired) electrons. The molecule has 0 unspecified atom stereocenters. The van der Waals surface area contributed by atoms with E-state index in [9.17, 15) is 9.59 Å². The summed E-state index contributed by atoms with van der Waals surface area (Å²) in [5.41, 5.74) is 5.04. The van der Waals surface area contributed by atoms with E-state index in [1.165, 1.54) is 0 Å². The first kappa shape index (κ1) is 15.9. The molecule has 0 aliphatic heterocycles. The van der Waals surface area contributed by atoms with Gasteiger partial charge in [0.2, 0.25) is 0 Å². The maximum absolute atomic E-state index is 12.6. The molecule has 27 heavy (non-hydrogen) atoms. The lowest BCUT2D eigenvalue weighted by Crippen LogP contribution is -2.19. The van der Waals surface area contributed by atoms with Crippen LogP contribution in [0.5, 0.6) is 0 Å². The normalized spacial score (nSPS) is 13.6. The Morgan fingerprint density at radius 3 is 2.67 bits per heavy atom. The highest BCUT2D eigenvalue weighted by Crippen LogP contribution is 2.27. The first-order valence-electron chi connectivity index (χ1n) is 9.25. The molecule has 0 spiro atoms. The minimum absolute atomic E-state index is 0.00197. The van der Waals surface area contributed by atoms with E-state index < -0.39 is 0 Å². The van der Waals surface area contributed by atoms with Crippen LogP contribution in [-0.4, -0.2) is 15.9 Å². The van der Waals surface area contributed by atoms with Crippen molar-refractivity contribution in [2.75, 3.05) is 5.32 Å². The van der Waals surface area contributed by atoms with Crippen LogP contribution in [-0.2, 0) is 12.8 Å². The van der Waals surface area contributed by atoms with Gasteiger partial charge >= 0.3 is 0 Å². The predicted molar refractivity (Wildman–Crippen MR) is 107 cm³/mol. The molecule has 1 aliphatic rings. The molecule has 1 amide bonds. The van der Waals surface area contributed by atoms with Crippen LogP contribution in [0.1, 0.15) is 34.3 Å². The molecule has 2 aromatic heterocycles. The second-order valence-corrected chi connectivity index (χ2v) is 7.11. The summed E-state index contributed by atoms with van der Waals surface area (Å²) < 4.78 is 0. The van der Waals surface area contributed by atoms with Crippen molar-refractivity contribution >= 4 is 33.4 Å². The van der Waals surface area contributed by atoms with Crippen molar-refractivity contribution < 1.29 is 4.79 Å². The van der Waals surface area contributed by atoms with E-state index in [1.807, 2.05) is 48.7 Å². The van der Waals surface area contributed by atoms with Crippen LogP contribution in [0.4, 0.5) is 5.69 Å². The molecule has 5 nitrogen and oxygen atoms in total. The molecule has 5 rings (SSSR count). The topological polar surface area (TPSA) is 77.8 Å². The number of carbonyl (C=O) groups excluding carboxylic acids is 1. The standard InChI is InChI=1S/C22H19N3O2/c26-21(14-6-5-13-9-10-23-19(13)11-14)24-15-7-8-17-16-3-1-2-4-18(16)22(27)25-20(17)12-15/h5-12,23H,1-4H2,(H,24,26)(H,25,27). The Labute approximate surface area is 155 Å². The highest BCUT2D eigenvalue weighted by molar-refractivity contribution is 6.06. The van der Waals surface area contributed by atoms with E-state index in [-0.39, 0.29) is 11.5 Å². The highest BCUT2D eigenvalue weighted by Gasteiger charge is 2.17. The number of amides is 1. The van der Waals surface area contributed by atoms with E-state index in [0.717, 1.165) is 58.6 Å². The third-order valence-electron chi connectivity index (χ3n) is 5.41. The van der Waals surface area contributed by atoms with Gasteiger partial charge in [-0.05, 0) is 67.0 Å². The number of hydrogen-bond acceptors (Lipinski definition) is 2. The smallest absolute Gasteiger partial charge is 0.255 e. The number of H-pyrrole nitrogens is 2. The summed E-state index contributed by atoms with van der Waals surface area (Å²) in [5.74, 6) is -0.175. The van der Waals surface area contributed by atoms with Crippen LogP contribution in [0.25, 0.3) is 21.8 Å². The van der Waals surface area contributed by atoms with Gasteiger partial charge in [0.25, 0.3) is 11.5 Å². The lowest BCUT2D eigenvalue weighted by molar-refractivity contribution is 0.102. The second-order valence-electron chi connectivity index (χ2n) is 7.11. The summed E-state index contributed by atoms with van der Waals surface area (Å²) in [4.78, 5) is 31.1. The van der Waals surface area contributed by atoms with E-state index in [4.69, 9.17) is 0 Å². The van der Waals surface area contributed by atoms with E-state index >= 15 is 0 Å². The van der Waals surface area contributed by atoms with Gasteiger partial charge in [-0.3, -0.25) is 9.59 Å². The quantitative estimate of drug-likeness (QED) is 0.504. The van der Waals surface area contributed by atoms with Gasteiger partial charge in [-0.1, -0.05) is 12.1 Å². The number of hydrogen-bond donors (Lipinski definition) is 3. The number of benzene rings is 2. The zero-order valence-electron chi connectivity index (χ0n) is 14.8.